The highest BCUT2D eigenvalue weighted by molar-refractivity contribution is 5.95. The van der Waals surface area contributed by atoms with Crippen LogP contribution in [0.2, 0.25) is 0 Å². The van der Waals surface area contributed by atoms with Crippen molar-refractivity contribution in [1.29, 1.82) is 0 Å². The van der Waals surface area contributed by atoms with E-state index in [-0.39, 0.29) is 11.9 Å². The molecule has 22 heavy (non-hydrogen) atoms. The molecule has 3 rings (SSSR count). The van der Waals surface area contributed by atoms with Crippen molar-refractivity contribution in [3.8, 4) is 0 Å². The number of aryl methyl sites for hydroxylation is 1. The van der Waals surface area contributed by atoms with Crippen molar-refractivity contribution in [3.63, 3.8) is 0 Å². The zero-order valence-corrected chi connectivity index (χ0v) is 12.1. The van der Waals surface area contributed by atoms with Gasteiger partial charge < -0.3 is 14.4 Å². The molecule has 0 fully saturated rings. The summed E-state index contributed by atoms with van der Waals surface area (Å²) in [4.78, 5) is 16.4. The fraction of sp³-hybridized carbons (Fsp3) is 0.188. The largest absolute Gasteiger partial charge is 0.361 e. The minimum atomic E-state index is -0.201. The number of rotatable bonds is 5. The Hall–Kier alpha value is -2.89. The molecule has 0 aliphatic carbocycles. The maximum absolute atomic E-state index is 12.4. The number of carbonyl (C=O) groups is 1. The molecule has 0 aliphatic rings. The number of aromatic nitrogens is 3. The molecule has 0 bridgehead atoms. The van der Waals surface area contributed by atoms with Crippen LogP contribution >= 0.6 is 0 Å². The van der Waals surface area contributed by atoms with Crippen molar-refractivity contribution in [2.24, 2.45) is 0 Å². The molecule has 1 atom stereocenters. The fourth-order valence-electron chi connectivity index (χ4n) is 2.28. The minimum absolute atomic E-state index is 0.169. The van der Waals surface area contributed by atoms with Gasteiger partial charge in [0.1, 0.15) is 11.3 Å². The van der Waals surface area contributed by atoms with Gasteiger partial charge in [0, 0.05) is 18.9 Å². The van der Waals surface area contributed by atoms with Gasteiger partial charge in [-0.3, -0.25) is 4.79 Å². The summed E-state index contributed by atoms with van der Waals surface area (Å²) in [7, 11) is 0. The highest BCUT2D eigenvalue weighted by Crippen LogP contribution is 2.16. The molecule has 1 N–H and O–H groups in total. The van der Waals surface area contributed by atoms with Gasteiger partial charge in [-0.05, 0) is 12.5 Å². The Morgan fingerprint density at radius 2 is 2.18 bits per heavy atom. The van der Waals surface area contributed by atoms with Crippen LogP contribution in [0, 0.1) is 6.92 Å². The van der Waals surface area contributed by atoms with Crippen molar-refractivity contribution < 1.29 is 9.32 Å². The first-order valence-corrected chi connectivity index (χ1v) is 6.97. The molecular formula is C16H16N4O2. The van der Waals surface area contributed by atoms with E-state index in [0.29, 0.717) is 17.9 Å². The molecule has 6 nitrogen and oxygen atoms in total. The molecule has 0 saturated carbocycles. The van der Waals surface area contributed by atoms with E-state index in [2.05, 4.69) is 15.5 Å². The molecule has 112 valence electrons. The van der Waals surface area contributed by atoms with E-state index in [9.17, 15) is 4.79 Å². The van der Waals surface area contributed by atoms with Gasteiger partial charge in [-0.1, -0.05) is 35.5 Å². The van der Waals surface area contributed by atoms with E-state index in [1.54, 1.807) is 19.4 Å². The smallest absolute Gasteiger partial charge is 0.257 e. The maximum atomic E-state index is 12.4. The number of carbonyl (C=O) groups excluding carboxylic acids is 1. The van der Waals surface area contributed by atoms with Gasteiger partial charge in [0.15, 0.2) is 0 Å². The number of imidazole rings is 1. The molecule has 0 saturated heterocycles. The standard InChI is InChI=1S/C16H16N4O2/c1-12-14(9-18-22-12)16(21)19-15(10-20-8-7-17-11-20)13-5-3-2-4-6-13/h2-9,11,15H,10H2,1H3,(H,19,21)/t15-/m1/s1. The molecular weight excluding hydrogens is 280 g/mol. The van der Waals surface area contributed by atoms with E-state index in [1.807, 2.05) is 41.1 Å². The summed E-state index contributed by atoms with van der Waals surface area (Å²) < 4.78 is 6.88. The van der Waals surface area contributed by atoms with Crippen LogP contribution in [0.1, 0.15) is 27.7 Å². The molecule has 2 aromatic heterocycles. The van der Waals surface area contributed by atoms with Crippen LogP contribution in [0.3, 0.4) is 0 Å². The lowest BCUT2D eigenvalue weighted by molar-refractivity contribution is 0.0931. The first-order chi connectivity index (χ1) is 10.7. The minimum Gasteiger partial charge on any atom is -0.361 e. The highest BCUT2D eigenvalue weighted by Gasteiger charge is 2.19. The average Bonchev–Trinajstić information content (AvgIpc) is 3.19. The van der Waals surface area contributed by atoms with Gasteiger partial charge >= 0.3 is 0 Å². The number of nitrogens with zero attached hydrogens (tertiary/aromatic N) is 3. The van der Waals surface area contributed by atoms with Gasteiger partial charge in [0.05, 0.1) is 18.6 Å². The van der Waals surface area contributed by atoms with Gasteiger partial charge in [-0.2, -0.15) is 0 Å². The lowest BCUT2D eigenvalue weighted by Crippen LogP contribution is -2.31. The van der Waals surface area contributed by atoms with Crippen LogP contribution in [0.25, 0.3) is 0 Å². The molecule has 0 aliphatic heterocycles. The van der Waals surface area contributed by atoms with Crippen molar-refractivity contribution >= 4 is 5.91 Å². The van der Waals surface area contributed by atoms with Gasteiger partial charge in [-0.15, -0.1) is 0 Å². The summed E-state index contributed by atoms with van der Waals surface area (Å²) in [5.74, 6) is 0.305. The highest BCUT2D eigenvalue weighted by atomic mass is 16.5. The van der Waals surface area contributed by atoms with E-state index >= 15 is 0 Å². The third-order valence-corrected chi connectivity index (χ3v) is 3.46. The number of hydrogen-bond acceptors (Lipinski definition) is 4. The van der Waals surface area contributed by atoms with Gasteiger partial charge in [-0.25, -0.2) is 4.98 Å². The number of hydrogen-bond donors (Lipinski definition) is 1. The van der Waals surface area contributed by atoms with Crippen molar-refractivity contribution in [2.45, 2.75) is 19.5 Å². The molecule has 0 unspecified atom stereocenters. The maximum Gasteiger partial charge on any atom is 0.257 e. The van der Waals surface area contributed by atoms with Crippen molar-refractivity contribution in [2.75, 3.05) is 0 Å². The Bertz CT molecular complexity index is 735. The third kappa shape index (κ3) is 3.06. The lowest BCUT2D eigenvalue weighted by Gasteiger charge is -2.19. The van der Waals surface area contributed by atoms with Crippen LogP contribution in [-0.2, 0) is 6.54 Å². The second-order valence-electron chi connectivity index (χ2n) is 4.99. The molecule has 6 heteroatoms. The lowest BCUT2D eigenvalue weighted by atomic mass is 10.1. The molecule has 1 amide bonds. The number of benzene rings is 1. The molecule has 2 heterocycles. The van der Waals surface area contributed by atoms with Crippen molar-refractivity contribution in [3.05, 3.63) is 72.1 Å². The van der Waals surface area contributed by atoms with Crippen LogP contribution < -0.4 is 5.32 Å². The Morgan fingerprint density at radius 3 is 2.82 bits per heavy atom. The number of nitrogens with one attached hydrogen (secondary N) is 1. The van der Waals surface area contributed by atoms with Gasteiger partial charge in [0.2, 0.25) is 0 Å². The number of amides is 1. The third-order valence-electron chi connectivity index (χ3n) is 3.46. The molecule has 3 aromatic rings. The second-order valence-corrected chi connectivity index (χ2v) is 4.99. The normalized spacial score (nSPS) is 12.0. The van der Waals surface area contributed by atoms with E-state index in [1.165, 1.54) is 6.20 Å². The predicted octanol–water partition coefficient (Wildman–Crippen LogP) is 2.35. The fourth-order valence-corrected chi connectivity index (χ4v) is 2.28. The topological polar surface area (TPSA) is 73.0 Å². The van der Waals surface area contributed by atoms with E-state index in [4.69, 9.17) is 4.52 Å². The van der Waals surface area contributed by atoms with E-state index in [0.717, 1.165) is 5.56 Å². The zero-order valence-electron chi connectivity index (χ0n) is 12.1. The summed E-state index contributed by atoms with van der Waals surface area (Å²) in [6.45, 7) is 2.31. The molecule has 0 radical (unpaired) electrons. The Kier molecular flexibility index (Phi) is 4.00. The average molecular weight is 296 g/mol. The van der Waals surface area contributed by atoms with Crippen LogP contribution in [0.15, 0.2) is 59.8 Å². The monoisotopic (exact) mass is 296 g/mol. The predicted molar refractivity (Wildman–Crippen MR) is 80.1 cm³/mol. The van der Waals surface area contributed by atoms with E-state index < -0.39 is 0 Å². The molecule has 1 aromatic carbocycles. The quantitative estimate of drug-likeness (QED) is 0.784. The Morgan fingerprint density at radius 1 is 1.36 bits per heavy atom. The zero-order chi connectivity index (χ0) is 15.4. The summed E-state index contributed by atoms with van der Waals surface area (Å²) in [5, 5.41) is 6.67. The Labute approximate surface area is 127 Å². The summed E-state index contributed by atoms with van der Waals surface area (Å²) in [6.07, 6.45) is 6.75. The first kappa shape index (κ1) is 14.1. The SMILES string of the molecule is Cc1oncc1C(=O)N[C@H](Cn1ccnc1)c1ccccc1. The summed E-state index contributed by atoms with van der Waals surface area (Å²) >= 11 is 0. The summed E-state index contributed by atoms with van der Waals surface area (Å²) in [6, 6.07) is 9.66. The van der Waals surface area contributed by atoms with Crippen LogP contribution in [0.5, 0.6) is 0 Å². The van der Waals surface area contributed by atoms with Crippen LogP contribution in [-0.4, -0.2) is 20.6 Å². The second kappa shape index (κ2) is 6.26. The first-order valence-electron chi connectivity index (χ1n) is 6.97. The van der Waals surface area contributed by atoms with Gasteiger partial charge in [0.25, 0.3) is 5.91 Å². The van der Waals surface area contributed by atoms with Crippen LogP contribution in [0.4, 0.5) is 0 Å². The summed E-state index contributed by atoms with van der Waals surface area (Å²) in [5.41, 5.74) is 1.48. The molecule has 0 spiro atoms. The Balaban J connectivity index is 1.82. The van der Waals surface area contributed by atoms with Crippen molar-refractivity contribution in [1.82, 2.24) is 20.0 Å².